The Balaban J connectivity index is 1.51. The zero-order chi connectivity index (χ0) is 35.6. The summed E-state index contributed by atoms with van der Waals surface area (Å²) in [5.74, 6) is -3.25. The average molecular weight is 727 g/mol. The van der Waals surface area contributed by atoms with E-state index in [4.69, 9.17) is 18.4 Å². The van der Waals surface area contributed by atoms with Crippen molar-refractivity contribution in [3.8, 4) is 0 Å². The third kappa shape index (κ3) is 7.20. The third-order valence-electron chi connectivity index (χ3n) is 11.5. The van der Waals surface area contributed by atoms with Crippen LogP contribution in [0.15, 0.2) is 12.2 Å². The number of aliphatic carboxylic acids is 1. The molecule has 4 saturated carbocycles. The van der Waals surface area contributed by atoms with E-state index in [1.165, 1.54) is 0 Å². The van der Waals surface area contributed by atoms with E-state index in [2.05, 4.69) is 10.8 Å². The number of esters is 1. The average Bonchev–Trinajstić information content (AvgIpc) is 3.12. The van der Waals surface area contributed by atoms with Crippen molar-refractivity contribution in [2.24, 2.45) is 40.4 Å². The van der Waals surface area contributed by atoms with Crippen LogP contribution in [0.5, 0.6) is 0 Å². The Labute approximate surface area is 280 Å². The minimum Gasteiger partial charge on any atom is -0.481 e. The molecule has 0 aromatic heterocycles. The topological polar surface area (TPSA) is 250 Å². The second kappa shape index (κ2) is 13.4. The Hall–Kier alpha value is -1.74. The van der Waals surface area contributed by atoms with E-state index in [0.29, 0.717) is 12.8 Å². The Morgan fingerprint density at radius 2 is 1.67 bits per heavy atom. The summed E-state index contributed by atoms with van der Waals surface area (Å²) in [5, 5.41) is 32.0. The summed E-state index contributed by atoms with van der Waals surface area (Å²) in [6, 6.07) is 0. The predicted octanol–water partition coefficient (Wildman–Crippen LogP) is 1.67. The summed E-state index contributed by atoms with van der Waals surface area (Å²) in [7, 11) is -10.8. The van der Waals surface area contributed by atoms with Gasteiger partial charge in [-0.15, -0.1) is 0 Å². The molecule has 2 bridgehead atoms. The minimum atomic E-state index is -5.42. The predicted molar refractivity (Wildman–Crippen MR) is 162 cm³/mol. The summed E-state index contributed by atoms with van der Waals surface area (Å²) in [6.45, 7) is 8.52. The van der Waals surface area contributed by atoms with Gasteiger partial charge in [-0.05, 0) is 79.6 Å². The van der Waals surface area contributed by atoms with Crippen molar-refractivity contribution in [1.82, 2.24) is 0 Å². The second-order valence-electron chi connectivity index (χ2n) is 14.8. The lowest BCUT2D eigenvalue weighted by Gasteiger charge is -2.62. The molecule has 18 heteroatoms. The summed E-state index contributed by atoms with van der Waals surface area (Å²) < 4.78 is 93.5. The molecule has 1 heterocycles. The van der Waals surface area contributed by atoms with Gasteiger partial charge in [0.05, 0.1) is 24.7 Å². The standard InChI is InChI=1S/C30H46O16S2/c1-14(2)9-22(32)44-25-24(46-48(39,40)41)23(45-47(36,37)38)20(13-31)43-28(25)42-17-10-18(27(34)35)19-7-8-30-11-16(15(3)26(30)33)5-6-21(30)29(19,4)12-17/h14,16-21,23-26,28,31,33H,3,5-13H2,1-2,4H3,(H,34,35)(H,36,37,38)(H,39,40,41). The van der Waals surface area contributed by atoms with E-state index in [1.54, 1.807) is 13.8 Å². The van der Waals surface area contributed by atoms with Crippen LogP contribution in [0.4, 0.5) is 0 Å². The first kappa shape index (κ1) is 37.5. The molecule has 4 aliphatic carbocycles. The van der Waals surface area contributed by atoms with Crippen LogP contribution in [-0.2, 0) is 53.0 Å². The molecule has 0 aromatic carbocycles. The quantitative estimate of drug-likeness (QED) is 0.0879. The first-order valence-electron chi connectivity index (χ1n) is 16.2. The molecule has 13 atom stereocenters. The van der Waals surface area contributed by atoms with Crippen molar-refractivity contribution in [3.63, 3.8) is 0 Å². The van der Waals surface area contributed by atoms with Crippen molar-refractivity contribution < 1.29 is 73.4 Å². The van der Waals surface area contributed by atoms with Crippen LogP contribution in [0.2, 0.25) is 0 Å². The summed E-state index contributed by atoms with van der Waals surface area (Å²) >= 11 is 0. The third-order valence-corrected chi connectivity index (χ3v) is 12.4. The number of carboxylic acid groups (broad SMARTS) is 1. The number of fused-ring (bicyclic) bond motifs is 3. The van der Waals surface area contributed by atoms with Crippen LogP contribution in [0.25, 0.3) is 0 Å². The molecular weight excluding hydrogens is 680 g/mol. The van der Waals surface area contributed by atoms with Crippen molar-refractivity contribution in [1.29, 1.82) is 0 Å². The van der Waals surface area contributed by atoms with Gasteiger partial charge in [0.1, 0.15) is 12.2 Å². The van der Waals surface area contributed by atoms with Gasteiger partial charge < -0.3 is 29.5 Å². The zero-order valence-corrected chi connectivity index (χ0v) is 28.7. The molecule has 48 heavy (non-hydrogen) atoms. The highest BCUT2D eigenvalue weighted by atomic mass is 32.3. The van der Waals surface area contributed by atoms with E-state index in [1.807, 2.05) is 6.92 Å². The molecule has 0 radical (unpaired) electrons. The van der Waals surface area contributed by atoms with Gasteiger partial charge in [0, 0.05) is 11.8 Å². The number of carboxylic acids is 1. The Kier molecular flexibility index (Phi) is 10.5. The lowest BCUT2D eigenvalue weighted by atomic mass is 9.43. The van der Waals surface area contributed by atoms with Gasteiger partial charge in [0.15, 0.2) is 18.5 Å². The van der Waals surface area contributed by atoms with E-state index in [-0.39, 0.29) is 42.9 Å². The first-order chi connectivity index (χ1) is 22.2. The van der Waals surface area contributed by atoms with E-state index in [0.717, 1.165) is 24.8 Å². The number of aliphatic hydroxyl groups is 2. The van der Waals surface area contributed by atoms with Gasteiger partial charge in [-0.25, -0.2) is 8.37 Å². The molecule has 5 fully saturated rings. The number of rotatable bonds is 11. The van der Waals surface area contributed by atoms with Crippen LogP contribution >= 0.6 is 0 Å². The normalized spacial score (nSPS) is 43.0. The lowest BCUT2D eigenvalue weighted by molar-refractivity contribution is -0.316. The van der Waals surface area contributed by atoms with Crippen LogP contribution in [0.1, 0.15) is 72.1 Å². The molecule has 0 aromatic rings. The number of hydrogen-bond acceptors (Lipinski definition) is 13. The monoisotopic (exact) mass is 726 g/mol. The van der Waals surface area contributed by atoms with Crippen molar-refractivity contribution in [2.45, 2.75) is 115 Å². The summed E-state index contributed by atoms with van der Waals surface area (Å²) in [5.41, 5.74) is -0.319. The fourth-order valence-corrected chi connectivity index (χ4v) is 10.8. The molecule has 5 aliphatic rings. The SMILES string of the molecule is C=C1C2CCC3C4(C)CC(OC5OC(CO)C(OS(=O)(=O)O)C(OS(=O)(=O)O)C5OC(=O)CC(C)C)CC(C(=O)O)C4CCC3(C2)C1O. The molecule has 5 N–H and O–H groups in total. The molecule has 1 spiro atoms. The Morgan fingerprint density at radius 1 is 1.02 bits per heavy atom. The van der Waals surface area contributed by atoms with Gasteiger partial charge in [0.2, 0.25) is 0 Å². The van der Waals surface area contributed by atoms with Crippen LogP contribution in [0.3, 0.4) is 0 Å². The number of carbonyl (C=O) groups is 2. The molecule has 1 aliphatic heterocycles. The molecule has 274 valence electrons. The Bertz CT molecular complexity index is 1480. The van der Waals surface area contributed by atoms with Crippen LogP contribution in [0, 0.1) is 40.4 Å². The lowest BCUT2D eigenvalue weighted by Crippen LogP contribution is -2.64. The maximum absolute atomic E-state index is 12.9. The zero-order valence-electron chi connectivity index (χ0n) is 27.0. The van der Waals surface area contributed by atoms with Crippen LogP contribution in [-0.4, -0.2) is 103 Å². The largest absolute Gasteiger partial charge is 0.481 e. The van der Waals surface area contributed by atoms with E-state index in [9.17, 15) is 50.8 Å². The van der Waals surface area contributed by atoms with Gasteiger partial charge in [0.25, 0.3) is 0 Å². The van der Waals surface area contributed by atoms with Gasteiger partial charge in [-0.3, -0.25) is 18.7 Å². The highest BCUT2D eigenvalue weighted by Crippen LogP contribution is 2.70. The highest BCUT2D eigenvalue weighted by molar-refractivity contribution is 7.81. The van der Waals surface area contributed by atoms with Crippen molar-refractivity contribution >= 4 is 32.7 Å². The molecule has 0 amide bonds. The van der Waals surface area contributed by atoms with E-state index < -0.39 is 99.0 Å². The van der Waals surface area contributed by atoms with Gasteiger partial charge in [-0.2, -0.15) is 16.8 Å². The fraction of sp³-hybridized carbons (Fsp3) is 0.867. The minimum absolute atomic E-state index is 0.0156. The van der Waals surface area contributed by atoms with E-state index >= 15 is 0 Å². The maximum Gasteiger partial charge on any atom is 0.397 e. The van der Waals surface area contributed by atoms with Gasteiger partial charge >= 0.3 is 32.7 Å². The number of ether oxygens (including phenoxy) is 3. The number of aliphatic hydroxyl groups excluding tert-OH is 2. The molecule has 1 saturated heterocycles. The summed E-state index contributed by atoms with van der Waals surface area (Å²) in [4.78, 5) is 25.7. The van der Waals surface area contributed by atoms with Crippen LogP contribution < -0.4 is 0 Å². The summed E-state index contributed by atoms with van der Waals surface area (Å²) in [6.07, 6.45) is -7.93. The van der Waals surface area contributed by atoms with Gasteiger partial charge in [-0.1, -0.05) is 27.4 Å². The molecule has 13 unspecified atom stereocenters. The number of hydrogen-bond donors (Lipinski definition) is 5. The number of carbonyl (C=O) groups excluding carboxylic acids is 1. The second-order valence-corrected chi connectivity index (χ2v) is 16.9. The highest BCUT2D eigenvalue weighted by Gasteiger charge is 2.67. The maximum atomic E-state index is 12.9. The Morgan fingerprint density at radius 3 is 2.25 bits per heavy atom. The van der Waals surface area contributed by atoms with Crippen molar-refractivity contribution in [2.75, 3.05) is 6.61 Å². The molecule has 5 rings (SSSR count). The van der Waals surface area contributed by atoms with Crippen molar-refractivity contribution in [3.05, 3.63) is 12.2 Å². The fourth-order valence-electron chi connectivity index (χ4n) is 9.82. The first-order valence-corrected chi connectivity index (χ1v) is 18.9. The molecule has 16 nitrogen and oxygen atoms in total. The molecular formula is C30H46O16S2. The smallest absolute Gasteiger partial charge is 0.397 e.